The van der Waals surface area contributed by atoms with Crippen molar-refractivity contribution < 1.29 is 0 Å². The molecule has 1 aromatic carbocycles. The Morgan fingerprint density at radius 1 is 1.32 bits per heavy atom. The molecule has 0 aliphatic carbocycles. The molecule has 104 valence electrons. The minimum absolute atomic E-state index is 0.240. The molecule has 2 rings (SSSR count). The molecule has 0 amide bonds. The van der Waals surface area contributed by atoms with Gasteiger partial charge < -0.3 is 5.73 Å². The highest BCUT2D eigenvalue weighted by Crippen LogP contribution is 2.32. The summed E-state index contributed by atoms with van der Waals surface area (Å²) in [5.74, 6) is 0.271. The van der Waals surface area contributed by atoms with Crippen molar-refractivity contribution in [3.63, 3.8) is 0 Å². The summed E-state index contributed by atoms with van der Waals surface area (Å²) in [5, 5.41) is 8.92. The molecule has 1 aliphatic rings. The third kappa shape index (κ3) is 3.98. The highest BCUT2D eigenvalue weighted by molar-refractivity contribution is 8.00. The van der Waals surface area contributed by atoms with E-state index in [0.29, 0.717) is 16.9 Å². The smallest absolute Gasteiger partial charge is 0.0924 e. The quantitative estimate of drug-likeness (QED) is 0.657. The normalized spacial score (nSPS) is 26.0. The van der Waals surface area contributed by atoms with Crippen LogP contribution in [-0.4, -0.2) is 34.3 Å². The molecule has 1 aliphatic heterocycles. The largest absolute Gasteiger partial charge is 0.388 e. The van der Waals surface area contributed by atoms with Crippen LogP contribution in [0.4, 0.5) is 0 Å². The number of hydrogen-bond acceptors (Lipinski definition) is 3. The molecule has 0 spiro atoms. The van der Waals surface area contributed by atoms with Crippen LogP contribution in [0.5, 0.6) is 0 Å². The predicted molar refractivity (Wildman–Crippen MR) is 83.8 cm³/mol. The maximum Gasteiger partial charge on any atom is 0.0924 e. The van der Waals surface area contributed by atoms with Crippen LogP contribution in [-0.2, 0) is 0 Å². The molecule has 19 heavy (non-hydrogen) atoms. The Morgan fingerprint density at radius 2 is 1.89 bits per heavy atom. The van der Waals surface area contributed by atoms with E-state index in [4.69, 9.17) is 11.1 Å². The van der Waals surface area contributed by atoms with Crippen LogP contribution in [0, 0.1) is 5.41 Å². The highest BCUT2D eigenvalue weighted by Gasteiger charge is 2.29. The number of benzene rings is 1. The van der Waals surface area contributed by atoms with Gasteiger partial charge in [0.25, 0.3) is 0 Å². The zero-order chi connectivity index (χ0) is 13.8. The molecule has 3 unspecified atom stereocenters. The van der Waals surface area contributed by atoms with Gasteiger partial charge in [-0.05, 0) is 5.56 Å². The van der Waals surface area contributed by atoms with E-state index >= 15 is 0 Å². The SMILES string of the molecule is CC1CN(C(CC(=N)N)c2ccccc2)CC(C)S1. The maximum absolute atomic E-state index is 7.64. The zero-order valence-electron chi connectivity index (χ0n) is 11.7. The third-order valence-electron chi connectivity index (χ3n) is 3.49. The van der Waals surface area contributed by atoms with E-state index in [1.165, 1.54) is 5.56 Å². The fraction of sp³-hybridized carbons (Fsp3) is 0.533. The molecule has 3 nitrogen and oxygen atoms in total. The van der Waals surface area contributed by atoms with E-state index in [2.05, 4.69) is 43.0 Å². The minimum Gasteiger partial charge on any atom is -0.388 e. The van der Waals surface area contributed by atoms with Gasteiger partial charge in [0.05, 0.1) is 5.84 Å². The fourth-order valence-electron chi connectivity index (χ4n) is 2.81. The van der Waals surface area contributed by atoms with E-state index in [1.807, 2.05) is 17.8 Å². The summed E-state index contributed by atoms with van der Waals surface area (Å²) in [6.07, 6.45) is 0.619. The van der Waals surface area contributed by atoms with Crippen LogP contribution in [0.2, 0.25) is 0 Å². The van der Waals surface area contributed by atoms with Gasteiger partial charge in [-0.25, -0.2) is 0 Å². The van der Waals surface area contributed by atoms with Crippen molar-refractivity contribution in [3.8, 4) is 0 Å². The minimum atomic E-state index is 0.240. The van der Waals surface area contributed by atoms with E-state index in [-0.39, 0.29) is 11.9 Å². The van der Waals surface area contributed by atoms with E-state index in [9.17, 15) is 0 Å². The monoisotopic (exact) mass is 277 g/mol. The fourth-order valence-corrected chi connectivity index (χ4v) is 4.16. The number of amidine groups is 1. The first-order chi connectivity index (χ1) is 9.06. The lowest BCUT2D eigenvalue weighted by Crippen LogP contribution is -2.43. The standard InChI is InChI=1S/C15H23N3S/c1-11-9-18(10-12(2)19-11)14(8-15(16)17)13-6-4-3-5-7-13/h3-7,11-12,14H,8-10H2,1-2H3,(H3,16,17). The van der Waals surface area contributed by atoms with Gasteiger partial charge in [-0.3, -0.25) is 10.3 Å². The van der Waals surface area contributed by atoms with Crippen LogP contribution in [0.3, 0.4) is 0 Å². The van der Waals surface area contributed by atoms with Crippen molar-refractivity contribution in [3.05, 3.63) is 35.9 Å². The van der Waals surface area contributed by atoms with Crippen LogP contribution < -0.4 is 5.73 Å². The van der Waals surface area contributed by atoms with Crippen LogP contribution in [0.1, 0.15) is 31.9 Å². The molecule has 3 atom stereocenters. The number of thioether (sulfide) groups is 1. The van der Waals surface area contributed by atoms with E-state index < -0.39 is 0 Å². The first kappa shape index (κ1) is 14.4. The molecule has 0 radical (unpaired) electrons. The molecular weight excluding hydrogens is 254 g/mol. The second-order valence-electron chi connectivity index (χ2n) is 5.37. The van der Waals surface area contributed by atoms with Crippen molar-refractivity contribution in [2.45, 2.75) is 36.8 Å². The maximum atomic E-state index is 7.64. The molecule has 1 heterocycles. The molecule has 0 bridgehead atoms. The van der Waals surface area contributed by atoms with Gasteiger partial charge in [0.15, 0.2) is 0 Å². The van der Waals surface area contributed by atoms with Crippen LogP contribution in [0.15, 0.2) is 30.3 Å². The van der Waals surface area contributed by atoms with Crippen LogP contribution in [0.25, 0.3) is 0 Å². The molecule has 1 aromatic rings. The Balaban J connectivity index is 2.20. The van der Waals surface area contributed by atoms with Crippen molar-refractivity contribution in [2.75, 3.05) is 13.1 Å². The number of nitrogens with two attached hydrogens (primary N) is 1. The van der Waals surface area contributed by atoms with Crippen molar-refractivity contribution >= 4 is 17.6 Å². The second kappa shape index (κ2) is 6.44. The summed E-state index contributed by atoms with van der Waals surface area (Å²) >= 11 is 2.05. The van der Waals surface area contributed by atoms with Crippen molar-refractivity contribution in [1.29, 1.82) is 5.41 Å². The van der Waals surface area contributed by atoms with Gasteiger partial charge in [0.2, 0.25) is 0 Å². The van der Waals surface area contributed by atoms with Gasteiger partial charge in [0.1, 0.15) is 0 Å². The predicted octanol–water partition coefficient (Wildman–Crippen LogP) is 2.88. The Morgan fingerprint density at radius 3 is 2.42 bits per heavy atom. The Bertz CT molecular complexity index is 411. The van der Waals surface area contributed by atoms with E-state index in [1.54, 1.807) is 0 Å². The Kier molecular flexibility index (Phi) is 4.88. The number of nitrogens with one attached hydrogen (secondary N) is 1. The lowest BCUT2D eigenvalue weighted by atomic mass is 10.0. The molecule has 3 N–H and O–H groups in total. The second-order valence-corrected chi connectivity index (χ2v) is 7.25. The first-order valence-electron chi connectivity index (χ1n) is 6.83. The number of nitrogens with zero attached hydrogens (tertiary/aromatic N) is 1. The lowest BCUT2D eigenvalue weighted by Gasteiger charge is -2.40. The summed E-state index contributed by atoms with van der Waals surface area (Å²) in [7, 11) is 0. The molecule has 1 saturated heterocycles. The summed E-state index contributed by atoms with van der Waals surface area (Å²) in [4.78, 5) is 2.49. The first-order valence-corrected chi connectivity index (χ1v) is 7.78. The number of rotatable bonds is 4. The van der Waals surface area contributed by atoms with Crippen molar-refractivity contribution in [1.82, 2.24) is 4.90 Å². The topological polar surface area (TPSA) is 53.1 Å². The average Bonchev–Trinajstić information content (AvgIpc) is 2.35. The molecular formula is C15H23N3S. The van der Waals surface area contributed by atoms with E-state index in [0.717, 1.165) is 13.1 Å². The molecule has 0 saturated carbocycles. The zero-order valence-corrected chi connectivity index (χ0v) is 12.5. The Hall–Kier alpha value is -1.00. The van der Waals surface area contributed by atoms with Crippen molar-refractivity contribution in [2.24, 2.45) is 5.73 Å². The third-order valence-corrected chi connectivity index (χ3v) is 4.71. The Labute approximate surface area is 120 Å². The molecule has 1 fully saturated rings. The molecule has 0 aromatic heterocycles. The van der Waals surface area contributed by atoms with Crippen LogP contribution >= 0.6 is 11.8 Å². The van der Waals surface area contributed by atoms with Gasteiger partial charge >= 0.3 is 0 Å². The highest BCUT2D eigenvalue weighted by atomic mass is 32.2. The van der Waals surface area contributed by atoms with Gasteiger partial charge in [0, 0.05) is 36.1 Å². The van der Waals surface area contributed by atoms with Gasteiger partial charge in [-0.2, -0.15) is 11.8 Å². The summed E-state index contributed by atoms with van der Waals surface area (Å²) < 4.78 is 0. The summed E-state index contributed by atoms with van der Waals surface area (Å²) in [6.45, 7) is 6.70. The summed E-state index contributed by atoms with van der Waals surface area (Å²) in [6, 6.07) is 10.7. The lowest BCUT2D eigenvalue weighted by molar-refractivity contribution is 0.199. The van der Waals surface area contributed by atoms with Gasteiger partial charge in [-0.15, -0.1) is 0 Å². The molecule has 4 heteroatoms. The number of hydrogen-bond donors (Lipinski definition) is 2. The average molecular weight is 277 g/mol. The van der Waals surface area contributed by atoms with Gasteiger partial charge in [-0.1, -0.05) is 44.2 Å². The summed E-state index contributed by atoms with van der Waals surface area (Å²) in [5.41, 5.74) is 6.93.